The zero-order valence-electron chi connectivity index (χ0n) is 20.4. The molecule has 1 aliphatic rings. The number of hydrogen-bond acceptors (Lipinski definition) is 3. The zero-order valence-corrected chi connectivity index (χ0v) is 21.9. The van der Waals surface area contributed by atoms with Crippen molar-refractivity contribution in [3.05, 3.63) is 62.6 Å². The van der Waals surface area contributed by atoms with Crippen LogP contribution < -0.4 is 10.1 Å². The average Bonchev–Trinajstić information content (AvgIpc) is 3.29. The first-order valence-corrected chi connectivity index (χ1v) is 12.7. The van der Waals surface area contributed by atoms with Crippen LogP contribution >= 0.6 is 23.2 Å². The van der Waals surface area contributed by atoms with Gasteiger partial charge in [0.1, 0.15) is 11.8 Å². The number of ether oxygens (including phenoxy) is 1. The molecule has 1 aliphatic carbocycles. The third kappa shape index (κ3) is 6.67. The molecule has 0 heterocycles. The van der Waals surface area contributed by atoms with Crippen LogP contribution in [0.15, 0.2) is 30.3 Å². The lowest BCUT2D eigenvalue weighted by molar-refractivity contribution is -0.143. The summed E-state index contributed by atoms with van der Waals surface area (Å²) in [5.41, 5.74) is 3.90. The second-order valence-electron chi connectivity index (χ2n) is 9.17. The first-order chi connectivity index (χ1) is 16.2. The Morgan fingerprint density at radius 3 is 2.47 bits per heavy atom. The molecule has 0 aromatic heterocycles. The predicted molar refractivity (Wildman–Crippen MR) is 138 cm³/mol. The number of benzene rings is 2. The summed E-state index contributed by atoms with van der Waals surface area (Å²) < 4.78 is 5.96. The molecule has 3 rings (SSSR count). The maximum atomic E-state index is 13.5. The number of aryl methyl sites for hydroxylation is 2. The highest BCUT2D eigenvalue weighted by molar-refractivity contribution is 6.35. The molecule has 5 nitrogen and oxygen atoms in total. The summed E-state index contributed by atoms with van der Waals surface area (Å²) in [6, 6.07) is 8.74. The van der Waals surface area contributed by atoms with Gasteiger partial charge in [-0.1, -0.05) is 55.1 Å². The molecule has 0 aliphatic heterocycles. The number of carbonyl (C=O) groups is 2. The Labute approximate surface area is 212 Å². The standard InChI is InChI=1S/C27H34Cl2N2O3/c1-5-24(27(33)30-22-8-6-7-9-22)31(15-20-10-11-21(28)14-23(20)29)26(32)16-34-25-13-17(2)12-18(3)19(25)4/h10-14,22,24H,5-9,15-16H2,1-4H3,(H,30,33)/t24-/m0/s1. The van der Waals surface area contributed by atoms with Crippen LogP contribution in [0.3, 0.4) is 0 Å². The third-order valence-electron chi connectivity index (χ3n) is 6.56. The zero-order chi connectivity index (χ0) is 24.8. The lowest BCUT2D eigenvalue weighted by atomic mass is 10.1. The molecule has 7 heteroatoms. The molecule has 2 aromatic carbocycles. The van der Waals surface area contributed by atoms with Crippen molar-refractivity contribution >= 4 is 35.0 Å². The molecule has 1 N–H and O–H groups in total. The van der Waals surface area contributed by atoms with E-state index in [2.05, 4.69) is 11.4 Å². The van der Waals surface area contributed by atoms with Crippen LogP contribution in [0.2, 0.25) is 10.0 Å². The Morgan fingerprint density at radius 2 is 1.82 bits per heavy atom. The van der Waals surface area contributed by atoms with Crippen molar-refractivity contribution in [3.8, 4) is 5.75 Å². The van der Waals surface area contributed by atoms with Gasteiger partial charge in [-0.15, -0.1) is 0 Å². The summed E-state index contributed by atoms with van der Waals surface area (Å²) in [4.78, 5) is 28.3. The van der Waals surface area contributed by atoms with E-state index in [1.54, 1.807) is 23.1 Å². The van der Waals surface area contributed by atoms with E-state index < -0.39 is 6.04 Å². The summed E-state index contributed by atoms with van der Waals surface area (Å²) in [5.74, 6) is 0.284. The number of amides is 2. The van der Waals surface area contributed by atoms with Gasteiger partial charge in [0.15, 0.2) is 6.61 Å². The van der Waals surface area contributed by atoms with Gasteiger partial charge in [0.25, 0.3) is 5.91 Å². The molecule has 0 radical (unpaired) electrons. The molecular weight excluding hydrogens is 471 g/mol. The molecule has 2 amide bonds. The fraction of sp³-hybridized carbons (Fsp3) is 0.481. The molecule has 0 saturated heterocycles. The van der Waals surface area contributed by atoms with Crippen LogP contribution in [0.1, 0.15) is 61.3 Å². The quantitative estimate of drug-likeness (QED) is 0.444. The van der Waals surface area contributed by atoms with E-state index in [0.717, 1.165) is 47.9 Å². The monoisotopic (exact) mass is 504 g/mol. The highest BCUT2D eigenvalue weighted by atomic mass is 35.5. The van der Waals surface area contributed by atoms with Gasteiger partial charge in [0.2, 0.25) is 5.91 Å². The Kier molecular flexibility index (Phi) is 9.26. The SMILES string of the molecule is CC[C@@H](C(=O)NC1CCCC1)N(Cc1ccc(Cl)cc1Cl)C(=O)COc1cc(C)cc(C)c1C. The van der Waals surface area contributed by atoms with Gasteiger partial charge in [-0.2, -0.15) is 0 Å². The van der Waals surface area contributed by atoms with Crippen molar-refractivity contribution in [3.63, 3.8) is 0 Å². The fourth-order valence-electron chi connectivity index (χ4n) is 4.49. The number of rotatable bonds is 9. The van der Waals surface area contributed by atoms with E-state index in [9.17, 15) is 9.59 Å². The molecule has 1 atom stereocenters. The van der Waals surface area contributed by atoms with E-state index >= 15 is 0 Å². The van der Waals surface area contributed by atoms with Crippen LogP contribution in [0.5, 0.6) is 5.75 Å². The van der Waals surface area contributed by atoms with Crippen molar-refractivity contribution in [1.82, 2.24) is 10.2 Å². The minimum Gasteiger partial charge on any atom is -0.483 e. The van der Waals surface area contributed by atoms with Gasteiger partial charge in [-0.3, -0.25) is 9.59 Å². The topological polar surface area (TPSA) is 58.6 Å². The molecule has 0 unspecified atom stereocenters. The minimum absolute atomic E-state index is 0.129. The van der Waals surface area contributed by atoms with Gasteiger partial charge in [-0.05, 0) is 80.5 Å². The van der Waals surface area contributed by atoms with E-state index in [4.69, 9.17) is 27.9 Å². The highest BCUT2D eigenvalue weighted by Crippen LogP contribution is 2.26. The van der Waals surface area contributed by atoms with E-state index in [-0.39, 0.29) is 31.0 Å². The van der Waals surface area contributed by atoms with Crippen molar-refractivity contribution in [1.29, 1.82) is 0 Å². The van der Waals surface area contributed by atoms with Gasteiger partial charge in [0.05, 0.1) is 0 Å². The van der Waals surface area contributed by atoms with Crippen LogP contribution in [0.4, 0.5) is 0 Å². The van der Waals surface area contributed by atoms with Gasteiger partial charge < -0.3 is 15.0 Å². The average molecular weight is 505 g/mol. The normalized spacial score (nSPS) is 14.6. The molecule has 1 fully saturated rings. The second kappa shape index (κ2) is 11.9. The third-order valence-corrected chi connectivity index (χ3v) is 7.15. The summed E-state index contributed by atoms with van der Waals surface area (Å²) >= 11 is 12.5. The predicted octanol–water partition coefficient (Wildman–Crippen LogP) is 6.16. The highest BCUT2D eigenvalue weighted by Gasteiger charge is 2.31. The lowest BCUT2D eigenvalue weighted by Gasteiger charge is -2.31. The summed E-state index contributed by atoms with van der Waals surface area (Å²) in [6.07, 6.45) is 4.68. The molecule has 0 bridgehead atoms. The molecule has 2 aromatic rings. The van der Waals surface area contributed by atoms with E-state index in [0.29, 0.717) is 22.2 Å². The Bertz CT molecular complexity index is 1030. The van der Waals surface area contributed by atoms with Crippen LogP contribution in [0.25, 0.3) is 0 Å². The van der Waals surface area contributed by atoms with Gasteiger partial charge in [0, 0.05) is 22.6 Å². The van der Waals surface area contributed by atoms with Crippen LogP contribution in [-0.4, -0.2) is 35.4 Å². The maximum Gasteiger partial charge on any atom is 0.261 e. The smallest absolute Gasteiger partial charge is 0.261 e. The molecule has 0 spiro atoms. The lowest BCUT2D eigenvalue weighted by Crippen LogP contribution is -2.52. The summed E-state index contributed by atoms with van der Waals surface area (Å²) in [5, 5.41) is 4.13. The van der Waals surface area contributed by atoms with Crippen LogP contribution in [-0.2, 0) is 16.1 Å². The Hall–Kier alpha value is -2.24. The van der Waals surface area contributed by atoms with Crippen molar-refractivity contribution < 1.29 is 14.3 Å². The molecule has 34 heavy (non-hydrogen) atoms. The van der Waals surface area contributed by atoms with E-state index in [1.165, 1.54) is 0 Å². The number of carbonyl (C=O) groups excluding carboxylic acids is 2. The van der Waals surface area contributed by atoms with Crippen LogP contribution in [0, 0.1) is 20.8 Å². The number of nitrogens with zero attached hydrogens (tertiary/aromatic N) is 1. The second-order valence-corrected chi connectivity index (χ2v) is 10.0. The van der Waals surface area contributed by atoms with Gasteiger partial charge in [-0.25, -0.2) is 0 Å². The molecule has 1 saturated carbocycles. The maximum absolute atomic E-state index is 13.5. The Balaban J connectivity index is 1.83. The summed E-state index contributed by atoms with van der Waals surface area (Å²) in [6.45, 7) is 7.94. The number of hydrogen-bond donors (Lipinski definition) is 1. The largest absolute Gasteiger partial charge is 0.483 e. The number of halogens is 2. The molecular formula is C27H34Cl2N2O3. The van der Waals surface area contributed by atoms with E-state index in [1.807, 2.05) is 33.8 Å². The minimum atomic E-state index is -0.621. The van der Waals surface area contributed by atoms with Crippen molar-refractivity contribution in [2.75, 3.05) is 6.61 Å². The first-order valence-electron chi connectivity index (χ1n) is 11.9. The first kappa shape index (κ1) is 26.4. The summed E-state index contributed by atoms with van der Waals surface area (Å²) in [7, 11) is 0. The number of nitrogens with one attached hydrogen (secondary N) is 1. The fourth-order valence-corrected chi connectivity index (χ4v) is 4.96. The van der Waals surface area contributed by atoms with Crippen molar-refractivity contribution in [2.24, 2.45) is 0 Å². The Morgan fingerprint density at radius 1 is 1.12 bits per heavy atom. The molecule has 184 valence electrons. The van der Waals surface area contributed by atoms with Crippen molar-refractivity contribution in [2.45, 2.75) is 78.4 Å². The van der Waals surface area contributed by atoms with Gasteiger partial charge >= 0.3 is 0 Å².